The second-order valence-electron chi connectivity index (χ2n) is 8.23. The lowest BCUT2D eigenvalue weighted by molar-refractivity contribution is -0.208. The van der Waals surface area contributed by atoms with E-state index in [0.717, 1.165) is 17.3 Å². The van der Waals surface area contributed by atoms with Gasteiger partial charge in [0.05, 0.1) is 24.4 Å². The van der Waals surface area contributed by atoms with Gasteiger partial charge in [0.25, 0.3) is 5.91 Å². The van der Waals surface area contributed by atoms with Crippen molar-refractivity contribution in [1.29, 1.82) is 0 Å². The lowest BCUT2D eigenvalue weighted by Gasteiger charge is -2.52. The zero-order chi connectivity index (χ0) is 16.9. The predicted octanol–water partition coefficient (Wildman–Crippen LogP) is 3.10. The Morgan fingerprint density at radius 2 is 2.29 bits per heavy atom. The van der Waals surface area contributed by atoms with Gasteiger partial charge in [0.2, 0.25) is 0 Å². The van der Waals surface area contributed by atoms with Crippen LogP contribution in [-0.4, -0.2) is 47.2 Å². The topological polar surface area (TPSA) is 51.7 Å². The van der Waals surface area contributed by atoms with Crippen molar-refractivity contribution >= 4 is 17.2 Å². The van der Waals surface area contributed by atoms with Crippen molar-refractivity contribution in [1.82, 2.24) is 9.88 Å². The standard InChI is InChI=1S/C18H26N2O3S/c1-17(2)10-20(16(21)14-9-24-15(19-14)8-22-3)11-18(23-17)7-12-4-5-13(18)6-12/h9,12-13H,4-8,10-11H2,1-3H3/t12-,13+,18+/m1/s1. The molecular weight excluding hydrogens is 324 g/mol. The first-order chi connectivity index (χ1) is 11.4. The van der Waals surface area contributed by atoms with Gasteiger partial charge in [0.15, 0.2) is 0 Å². The molecule has 2 aliphatic carbocycles. The number of thiazole rings is 1. The van der Waals surface area contributed by atoms with E-state index in [0.29, 0.717) is 31.3 Å². The predicted molar refractivity (Wildman–Crippen MR) is 92.1 cm³/mol. The number of carbonyl (C=O) groups excluding carboxylic acids is 1. The van der Waals surface area contributed by atoms with Crippen LogP contribution in [0.5, 0.6) is 0 Å². The minimum atomic E-state index is -0.302. The third kappa shape index (κ3) is 2.78. The SMILES string of the molecule is COCc1nc(C(=O)N2CC(C)(C)O[C@@]3(C[C@@H]4CC[C@H]3C4)C2)cs1. The van der Waals surface area contributed by atoms with Gasteiger partial charge < -0.3 is 14.4 Å². The molecule has 2 saturated carbocycles. The number of methoxy groups -OCH3 is 1. The summed E-state index contributed by atoms with van der Waals surface area (Å²) in [7, 11) is 1.65. The average molecular weight is 350 g/mol. The Balaban J connectivity index is 1.56. The summed E-state index contributed by atoms with van der Waals surface area (Å²) in [5, 5.41) is 2.70. The van der Waals surface area contributed by atoms with Gasteiger partial charge in [-0.05, 0) is 51.4 Å². The van der Waals surface area contributed by atoms with Crippen molar-refractivity contribution in [2.75, 3.05) is 20.2 Å². The van der Waals surface area contributed by atoms with Crippen molar-refractivity contribution in [3.8, 4) is 0 Å². The van der Waals surface area contributed by atoms with Gasteiger partial charge in [0, 0.05) is 19.0 Å². The van der Waals surface area contributed by atoms with Crippen LogP contribution in [0.3, 0.4) is 0 Å². The molecule has 1 amide bonds. The normalized spacial score (nSPS) is 34.2. The number of nitrogens with zero attached hydrogens (tertiary/aromatic N) is 2. The van der Waals surface area contributed by atoms with E-state index in [-0.39, 0.29) is 17.1 Å². The van der Waals surface area contributed by atoms with E-state index in [1.54, 1.807) is 7.11 Å². The Labute approximate surface area is 147 Å². The fourth-order valence-electron chi connectivity index (χ4n) is 5.07. The number of amides is 1. The monoisotopic (exact) mass is 350 g/mol. The number of morpholine rings is 1. The first-order valence-corrected chi connectivity index (χ1v) is 9.71. The summed E-state index contributed by atoms with van der Waals surface area (Å²) >= 11 is 1.49. The Hall–Kier alpha value is -0.980. The zero-order valence-electron chi connectivity index (χ0n) is 14.7. The maximum absolute atomic E-state index is 13.0. The Morgan fingerprint density at radius 1 is 1.46 bits per heavy atom. The smallest absolute Gasteiger partial charge is 0.273 e. The van der Waals surface area contributed by atoms with Crippen LogP contribution in [0.1, 0.15) is 55.0 Å². The molecule has 0 unspecified atom stereocenters. The molecule has 2 bridgehead atoms. The molecule has 5 nitrogen and oxygen atoms in total. The molecule has 1 aromatic heterocycles. The molecule has 3 atom stereocenters. The second kappa shape index (κ2) is 5.78. The third-order valence-electron chi connectivity index (χ3n) is 5.76. The van der Waals surface area contributed by atoms with E-state index in [1.807, 2.05) is 10.3 Å². The van der Waals surface area contributed by atoms with Gasteiger partial charge in [0.1, 0.15) is 10.7 Å². The van der Waals surface area contributed by atoms with Gasteiger partial charge in [-0.3, -0.25) is 4.79 Å². The summed E-state index contributed by atoms with van der Waals surface area (Å²) in [5.74, 6) is 1.43. The fourth-order valence-corrected chi connectivity index (χ4v) is 5.81. The maximum atomic E-state index is 13.0. The summed E-state index contributed by atoms with van der Waals surface area (Å²) in [4.78, 5) is 19.5. The second-order valence-corrected chi connectivity index (χ2v) is 9.17. The maximum Gasteiger partial charge on any atom is 0.273 e. The van der Waals surface area contributed by atoms with Crippen molar-refractivity contribution in [3.63, 3.8) is 0 Å². The fraction of sp³-hybridized carbons (Fsp3) is 0.778. The van der Waals surface area contributed by atoms with E-state index in [1.165, 1.54) is 30.6 Å². The van der Waals surface area contributed by atoms with Crippen molar-refractivity contribution < 1.29 is 14.3 Å². The quantitative estimate of drug-likeness (QED) is 0.840. The molecule has 2 heterocycles. The van der Waals surface area contributed by atoms with Gasteiger partial charge in [-0.1, -0.05) is 0 Å². The van der Waals surface area contributed by atoms with E-state index >= 15 is 0 Å². The van der Waals surface area contributed by atoms with Crippen molar-refractivity contribution in [2.24, 2.45) is 11.8 Å². The molecule has 6 heteroatoms. The molecule has 24 heavy (non-hydrogen) atoms. The Bertz CT molecular complexity index is 644. The minimum absolute atomic E-state index is 0.0344. The average Bonchev–Trinajstić information content (AvgIpc) is 3.20. The van der Waals surface area contributed by atoms with Crippen LogP contribution in [0.25, 0.3) is 0 Å². The van der Waals surface area contributed by atoms with Gasteiger partial charge in [-0.2, -0.15) is 0 Å². The van der Waals surface area contributed by atoms with E-state index in [9.17, 15) is 4.79 Å². The van der Waals surface area contributed by atoms with Crippen molar-refractivity contribution in [3.05, 3.63) is 16.1 Å². The molecule has 1 saturated heterocycles. The minimum Gasteiger partial charge on any atom is -0.378 e. The lowest BCUT2D eigenvalue weighted by atomic mass is 9.81. The molecule has 3 aliphatic rings. The van der Waals surface area contributed by atoms with Crippen molar-refractivity contribution in [2.45, 2.75) is 57.3 Å². The number of carbonyl (C=O) groups is 1. The summed E-state index contributed by atoms with van der Waals surface area (Å²) in [6.07, 6.45) is 4.96. The zero-order valence-corrected chi connectivity index (χ0v) is 15.5. The highest BCUT2D eigenvalue weighted by molar-refractivity contribution is 7.09. The molecule has 132 valence electrons. The van der Waals surface area contributed by atoms with Gasteiger partial charge in [-0.25, -0.2) is 4.98 Å². The van der Waals surface area contributed by atoms with Crippen LogP contribution in [0.4, 0.5) is 0 Å². The molecule has 4 rings (SSSR count). The van der Waals surface area contributed by atoms with Gasteiger partial charge >= 0.3 is 0 Å². The molecule has 1 aliphatic heterocycles. The van der Waals surface area contributed by atoms with Crippen LogP contribution in [0.2, 0.25) is 0 Å². The summed E-state index contributed by atoms with van der Waals surface area (Å²) in [5.41, 5.74) is 0.109. The molecule has 1 spiro atoms. The lowest BCUT2D eigenvalue weighted by Crippen LogP contribution is -2.62. The molecule has 0 aromatic carbocycles. The third-order valence-corrected chi connectivity index (χ3v) is 6.58. The molecule has 0 radical (unpaired) electrons. The summed E-state index contributed by atoms with van der Waals surface area (Å²) < 4.78 is 11.7. The number of hydrogen-bond donors (Lipinski definition) is 0. The van der Waals surface area contributed by atoms with E-state index < -0.39 is 0 Å². The molecular formula is C18H26N2O3S. The number of ether oxygens (including phenoxy) is 2. The number of rotatable bonds is 3. The number of aromatic nitrogens is 1. The summed E-state index contributed by atoms with van der Waals surface area (Å²) in [6, 6.07) is 0. The summed E-state index contributed by atoms with van der Waals surface area (Å²) in [6.45, 7) is 6.02. The highest BCUT2D eigenvalue weighted by atomic mass is 32.1. The number of hydrogen-bond acceptors (Lipinski definition) is 5. The van der Waals surface area contributed by atoms with Crippen LogP contribution in [-0.2, 0) is 16.1 Å². The first kappa shape index (κ1) is 16.5. The van der Waals surface area contributed by atoms with Crippen LogP contribution in [0.15, 0.2) is 5.38 Å². The molecule has 1 aromatic rings. The Morgan fingerprint density at radius 3 is 2.96 bits per heavy atom. The highest BCUT2D eigenvalue weighted by Crippen LogP contribution is 2.55. The number of fused-ring (bicyclic) bond motifs is 3. The van der Waals surface area contributed by atoms with E-state index in [4.69, 9.17) is 9.47 Å². The molecule has 0 N–H and O–H groups in total. The Kier molecular flexibility index (Phi) is 3.97. The highest BCUT2D eigenvalue weighted by Gasteiger charge is 2.57. The van der Waals surface area contributed by atoms with Gasteiger partial charge in [-0.15, -0.1) is 11.3 Å². The van der Waals surface area contributed by atoms with E-state index in [2.05, 4.69) is 18.8 Å². The van der Waals surface area contributed by atoms with Crippen LogP contribution in [0, 0.1) is 11.8 Å². The van der Waals surface area contributed by atoms with Crippen LogP contribution < -0.4 is 0 Å². The molecule has 3 fully saturated rings. The largest absolute Gasteiger partial charge is 0.378 e. The first-order valence-electron chi connectivity index (χ1n) is 8.84. The van der Waals surface area contributed by atoms with Crippen LogP contribution >= 0.6 is 11.3 Å².